The lowest BCUT2D eigenvalue weighted by atomic mass is 9.88. The fourth-order valence-corrected chi connectivity index (χ4v) is 2.52. The molecule has 0 atom stereocenters. The van der Waals surface area contributed by atoms with Gasteiger partial charge in [-0.3, -0.25) is 0 Å². The van der Waals surface area contributed by atoms with E-state index in [0.29, 0.717) is 17.8 Å². The molecular weight excluding hydrogens is 257 g/mol. The van der Waals surface area contributed by atoms with Gasteiger partial charge in [0.1, 0.15) is 5.82 Å². The molecule has 0 aromatic heterocycles. The minimum absolute atomic E-state index is 0.0153. The summed E-state index contributed by atoms with van der Waals surface area (Å²) in [4.78, 5) is 2.18. The average molecular weight is 277 g/mol. The SMILES string of the molecule is CN(C)C1(CNc2ccc(C#N)cc2F)CCOCC1. The second-order valence-corrected chi connectivity index (χ2v) is 5.39. The molecule has 20 heavy (non-hydrogen) atoms. The highest BCUT2D eigenvalue weighted by atomic mass is 19.1. The van der Waals surface area contributed by atoms with Gasteiger partial charge in [-0.25, -0.2) is 4.39 Å². The summed E-state index contributed by atoms with van der Waals surface area (Å²) in [5, 5.41) is 11.9. The van der Waals surface area contributed by atoms with Crippen LogP contribution in [0.3, 0.4) is 0 Å². The van der Waals surface area contributed by atoms with E-state index < -0.39 is 0 Å². The molecule has 1 heterocycles. The first-order valence-electron chi connectivity index (χ1n) is 6.76. The predicted molar refractivity (Wildman–Crippen MR) is 76.1 cm³/mol. The van der Waals surface area contributed by atoms with E-state index in [1.807, 2.05) is 20.2 Å². The van der Waals surface area contributed by atoms with Crippen LogP contribution in [0, 0.1) is 17.1 Å². The van der Waals surface area contributed by atoms with E-state index in [1.165, 1.54) is 6.07 Å². The number of hydrogen-bond donors (Lipinski definition) is 1. The zero-order chi connectivity index (χ0) is 14.6. The van der Waals surface area contributed by atoms with Gasteiger partial charge >= 0.3 is 0 Å². The Balaban J connectivity index is 2.08. The van der Waals surface area contributed by atoms with Gasteiger partial charge in [0, 0.05) is 25.3 Å². The summed E-state index contributed by atoms with van der Waals surface area (Å²) in [6.45, 7) is 2.12. The summed E-state index contributed by atoms with van der Waals surface area (Å²) in [6.07, 6.45) is 1.84. The van der Waals surface area contributed by atoms with Crippen LogP contribution >= 0.6 is 0 Å². The van der Waals surface area contributed by atoms with Crippen LogP contribution in [0.5, 0.6) is 0 Å². The van der Waals surface area contributed by atoms with Crippen LogP contribution in [0.25, 0.3) is 0 Å². The molecule has 108 valence electrons. The highest BCUT2D eigenvalue weighted by Gasteiger charge is 2.34. The van der Waals surface area contributed by atoms with E-state index in [9.17, 15) is 4.39 Å². The second-order valence-electron chi connectivity index (χ2n) is 5.39. The van der Waals surface area contributed by atoms with Crippen molar-refractivity contribution in [2.45, 2.75) is 18.4 Å². The van der Waals surface area contributed by atoms with E-state index in [-0.39, 0.29) is 11.4 Å². The summed E-state index contributed by atoms with van der Waals surface area (Å²) in [6, 6.07) is 6.44. The van der Waals surface area contributed by atoms with E-state index in [2.05, 4.69) is 10.2 Å². The molecule has 1 aliphatic heterocycles. The second kappa shape index (κ2) is 6.21. The average Bonchev–Trinajstić information content (AvgIpc) is 2.46. The third-order valence-electron chi connectivity index (χ3n) is 4.08. The smallest absolute Gasteiger partial charge is 0.147 e. The van der Waals surface area contributed by atoms with Crippen molar-refractivity contribution in [1.29, 1.82) is 5.26 Å². The molecule has 0 radical (unpaired) electrons. The number of rotatable bonds is 4. The van der Waals surface area contributed by atoms with Gasteiger partial charge in [-0.05, 0) is 45.1 Å². The van der Waals surface area contributed by atoms with Gasteiger partial charge in [-0.15, -0.1) is 0 Å². The van der Waals surface area contributed by atoms with Crippen LogP contribution in [0.2, 0.25) is 0 Å². The molecule has 1 aromatic carbocycles. The van der Waals surface area contributed by atoms with Crippen LogP contribution in [-0.2, 0) is 4.74 Å². The third kappa shape index (κ3) is 3.09. The van der Waals surface area contributed by atoms with Crippen molar-refractivity contribution in [3.8, 4) is 6.07 Å². The molecular formula is C15H20FN3O. The van der Waals surface area contributed by atoms with Gasteiger partial charge in [0.25, 0.3) is 0 Å². The summed E-state index contributed by atoms with van der Waals surface area (Å²) >= 11 is 0. The standard InChI is InChI=1S/C15H20FN3O/c1-19(2)15(5-7-20-8-6-15)11-18-14-4-3-12(10-17)9-13(14)16/h3-4,9,18H,5-8,11H2,1-2H3. The molecule has 1 aromatic rings. The number of nitrogens with zero attached hydrogens (tertiary/aromatic N) is 2. The van der Waals surface area contributed by atoms with Gasteiger partial charge in [0.15, 0.2) is 0 Å². The number of benzene rings is 1. The Kier molecular flexibility index (Phi) is 4.58. The molecule has 2 rings (SSSR count). The predicted octanol–water partition coefficient (Wildman–Crippen LogP) is 2.22. The largest absolute Gasteiger partial charge is 0.381 e. The number of halogens is 1. The van der Waals surface area contributed by atoms with Crippen LogP contribution in [0.1, 0.15) is 18.4 Å². The lowest BCUT2D eigenvalue weighted by Crippen LogP contribution is -2.53. The highest BCUT2D eigenvalue weighted by molar-refractivity contribution is 5.49. The molecule has 1 saturated heterocycles. The lowest BCUT2D eigenvalue weighted by Gasteiger charge is -2.43. The number of hydrogen-bond acceptors (Lipinski definition) is 4. The van der Waals surface area contributed by atoms with Gasteiger partial charge in [0.05, 0.1) is 17.3 Å². The number of nitriles is 1. The van der Waals surface area contributed by atoms with Crippen molar-refractivity contribution < 1.29 is 9.13 Å². The molecule has 0 bridgehead atoms. The maximum atomic E-state index is 13.9. The molecule has 0 unspecified atom stereocenters. The maximum Gasteiger partial charge on any atom is 0.147 e. The summed E-state index contributed by atoms with van der Waals surface area (Å²) < 4.78 is 19.3. The molecule has 1 fully saturated rings. The summed E-state index contributed by atoms with van der Waals surface area (Å²) in [7, 11) is 4.09. The van der Waals surface area contributed by atoms with E-state index in [0.717, 1.165) is 26.1 Å². The fourth-order valence-electron chi connectivity index (χ4n) is 2.52. The van der Waals surface area contributed by atoms with Crippen molar-refractivity contribution in [1.82, 2.24) is 4.90 Å². The van der Waals surface area contributed by atoms with Crippen LogP contribution in [-0.4, -0.2) is 44.3 Å². The summed E-state index contributed by atoms with van der Waals surface area (Å²) in [5.41, 5.74) is 0.761. The van der Waals surface area contributed by atoms with Crippen molar-refractivity contribution >= 4 is 5.69 Å². The van der Waals surface area contributed by atoms with Crippen molar-refractivity contribution in [2.24, 2.45) is 0 Å². The Hall–Kier alpha value is -1.64. The van der Waals surface area contributed by atoms with Gasteiger partial charge < -0.3 is 15.0 Å². The normalized spacial score (nSPS) is 17.8. The maximum absolute atomic E-state index is 13.9. The lowest BCUT2D eigenvalue weighted by molar-refractivity contribution is -0.000652. The Bertz CT molecular complexity index is 504. The van der Waals surface area contributed by atoms with Crippen LogP contribution in [0.15, 0.2) is 18.2 Å². The quantitative estimate of drug-likeness (QED) is 0.916. The third-order valence-corrected chi connectivity index (χ3v) is 4.08. The molecule has 5 heteroatoms. The monoisotopic (exact) mass is 277 g/mol. The van der Waals surface area contributed by atoms with Crippen molar-refractivity contribution in [2.75, 3.05) is 39.2 Å². The molecule has 1 N–H and O–H groups in total. The van der Waals surface area contributed by atoms with Gasteiger partial charge in [-0.2, -0.15) is 5.26 Å². The first-order chi connectivity index (χ1) is 9.57. The summed E-state index contributed by atoms with van der Waals surface area (Å²) in [5.74, 6) is -0.384. The van der Waals surface area contributed by atoms with Gasteiger partial charge in [-0.1, -0.05) is 0 Å². The minimum Gasteiger partial charge on any atom is -0.381 e. The number of anilines is 1. The minimum atomic E-state index is -0.384. The van der Waals surface area contributed by atoms with E-state index in [1.54, 1.807) is 12.1 Å². The number of nitrogens with one attached hydrogen (secondary N) is 1. The van der Waals surface area contributed by atoms with E-state index >= 15 is 0 Å². The van der Waals surface area contributed by atoms with Crippen molar-refractivity contribution in [3.05, 3.63) is 29.6 Å². The molecule has 0 saturated carbocycles. The molecule has 0 aliphatic carbocycles. The van der Waals surface area contributed by atoms with Crippen molar-refractivity contribution in [3.63, 3.8) is 0 Å². The Morgan fingerprint density at radius 1 is 1.40 bits per heavy atom. The molecule has 4 nitrogen and oxygen atoms in total. The topological polar surface area (TPSA) is 48.3 Å². The first kappa shape index (κ1) is 14.8. The van der Waals surface area contributed by atoms with Gasteiger partial charge in [0.2, 0.25) is 0 Å². The first-order valence-corrected chi connectivity index (χ1v) is 6.76. The fraction of sp³-hybridized carbons (Fsp3) is 0.533. The molecule has 0 amide bonds. The van der Waals surface area contributed by atoms with Crippen LogP contribution in [0.4, 0.5) is 10.1 Å². The highest BCUT2D eigenvalue weighted by Crippen LogP contribution is 2.27. The zero-order valence-corrected chi connectivity index (χ0v) is 11.9. The van der Waals surface area contributed by atoms with Crippen LogP contribution < -0.4 is 5.32 Å². The number of ether oxygens (including phenoxy) is 1. The zero-order valence-electron chi connectivity index (χ0n) is 11.9. The molecule has 0 spiro atoms. The Labute approximate surface area is 119 Å². The van der Waals surface area contributed by atoms with E-state index in [4.69, 9.17) is 10.00 Å². The number of likely N-dealkylation sites (N-methyl/N-ethyl adjacent to an activating group) is 1. The molecule has 1 aliphatic rings. The Morgan fingerprint density at radius 2 is 2.10 bits per heavy atom. The Morgan fingerprint density at radius 3 is 2.65 bits per heavy atom.